The highest BCUT2D eigenvalue weighted by atomic mass is 16.7. The van der Waals surface area contributed by atoms with Crippen LogP contribution in [0.5, 0.6) is 5.75 Å². The number of carbonyl (C=O) groups excluding carboxylic acids is 2. The molecule has 2 aromatic carbocycles. The van der Waals surface area contributed by atoms with Crippen LogP contribution in [0.25, 0.3) is 0 Å². The molecule has 0 spiro atoms. The van der Waals surface area contributed by atoms with Crippen LogP contribution in [-0.2, 0) is 25.4 Å². The first-order valence-corrected chi connectivity index (χ1v) is 11.0. The van der Waals surface area contributed by atoms with Gasteiger partial charge in [0, 0.05) is 0 Å². The summed E-state index contributed by atoms with van der Waals surface area (Å²) in [7, 11) is 0. The van der Waals surface area contributed by atoms with Crippen molar-refractivity contribution in [3.63, 3.8) is 0 Å². The predicted octanol–water partition coefficient (Wildman–Crippen LogP) is 4.90. The summed E-state index contributed by atoms with van der Waals surface area (Å²) in [4.78, 5) is 24.8. The molecule has 2 aromatic rings. The van der Waals surface area contributed by atoms with Crippen molar-refractivity contribution in [2.24, 2.45) is 5.92 Å². The lowest BCUT2D eigenvalue weighted by molar-refractivity contribution is -0.142. The van der Waals surface area contributed by atoms with Crippen LogP contribution in [-0.4, -0.2) is 37.0 Å². The van der Waals surface area contributed by atoms with Crippen LogP contribution >= 0.6 is 0 Å². The zero-order valence-corrected chi connectivity index (χ0v) is 19.4. The molecule has 1 saturated heterocycles. The second kappa shape index (κ2) is 10.3. The van der Waals surface area contributed by atoms with Gasteiger partial charge in [0.05, 0.1) is 18.1 Å². The van der Waals surface area contributed by atoms with Crippen molar-refractivity contribution < 1.29 is 28.5 Å². The first-order valence-electron chi connectivity index (χ1n) is 11.0. The van der Waals surface area contributed by atoms with E-state index in [1.165, 1.54) is 5.56 Å². The van der Waals surface area contributed by atoms with Crippen molar-refractivity contribution in [3.8, 4) is 5.75 Å². The summed E-state index contributed by atoms with van der Waals surface area (Å²) in [6.07, 6.45) is 0.725. The molecule has 172 valence electrons. The molecule has 0 N–H and O–H groups in total. The molecule has 0 amide bonds. The molecule has 0 bridgehead atoms. The number of hydrogen-bond acceptors (Lipinski definition) is 6. The van der Waals surface area contributed by atoms with Gasteiger partial charge in [-0.05, 0) is 68.5 Å². The number of carbonyl (C=O) groups is 2. The molecular weight excluding hydrogens is 408 g/mol. The molecule has 0 radical (unpaired) electrons. The average molecular weight is 441 g/mol. The van der Waals surface area contributed by atoms with Crippen LogP contribution in [0.15, 0.2) is 48.5 Å². The van der Waals surface area contributed by atoms with E-state index in [1.807, 2.05) is 32.9 Å². The van der Waals surface area contributed by atoms with Gasteiger partial charge in [0.15, 0.2) is 5.79 Å². The Morgan fingerprint density at radius 3 is 2.25 bits per heavy atom. The fourth-order valence-corrected chi connectivity index (χ4v) is 3.51. The highest BCUT2D eigenvalue weighted by Gasteiger charge is 2.33. The molecule has 32 heavy (non-hydrogen) atoms. The molecule has 6 heteroatoms. The van der Waals surface area contributed by atoms with Crippen molar-refractivity contribution in [3.05, 3.63) is 65.2 Å². The third-order valence-electron chi connectivity index (χ3n) is 5.25. The van der Waals surface area contributed by atoms with E-state index in [-0.39, 0.29) is 18.7 Å². The van der Waals surface area contributed by atoms with Gasteiger partial charge in [0.1, 0.15) is 18.5 Å². The second-order valence-electron chi connectivity index (χ2n) is 9.06. The maximum absolute atomic E-state index is 12.6. The fourth-order valence-electron chi connectivity index (χ4n) is 3.51. The third-order valence-corrected chi connectivity index (χ3v) is 5.25. The molecule has 1 aliphatic heterocycles. The maximum Gasteiger partial charge on any atom is 0.338 e. The largest absolute Gasteiger partial charge is 0.459 e. The summed E-state index contributed by atoms with van der Waals surface area (Å²) < 4.78 is 21.9. The van der Waals surface area contributed by atoms with Crippen LogP contribution in [0.4, 0.5) is 0 Å². The molecule has 0 aliphatic carbocycles. The fraction of sp³-hybridized carbons (Fsp3) is 0.462. The second-order valence-corrected chi connectivity index (χ2v) is 9.06. The van der Waals surface area contributed by atoms with Crippen LogP contribution in [0.2, 0.25) is 0 Å². The number of esters is 2. The Bertz CT molecular complexity index is 914. The lowest BCUT2D eigenvalue weighted by Crippen LogP contribution is -2.25. The molecular formula is C26H32O6. The van der Waals surface area contributed by atoms with Crippen molar-refractivity contribution in [2.45, 2.75) is 58.8 Å². The van der Waals surface area contributed by atoms with Crippen LogP contribution in [0, 0.1) is 5.92 Å². The molecule has 2 unspecified atom stereocenters. The highest BCUT2D eigenvalue weighted by molar-refractivity contribution is 5.89. The molecule has 1 heterocycles. The topological polar surface area (TPSA) is 71.1 Å². The summed E-state index contributed by atoms with van der Waals surface area (Å²) in [5, 5.41) is 0. The predicted molar refractivity (Wildman–Crippen MR) is 121 cm³/mol. The van der Waals surface area contributed by atoms with Gasteiger partial charge in [-0.1, -0.05) is 38.1 Å². The summed E-state index contributed by atoms with van der Waals surface area (Å²) in [6.45, 7) is 10.3. The van der Waals surface area contributed by atoms with E-state index < -0.39 is 17.7 Å². The minimum Gasteiger partial charge on any atom is -0.459 e. The number of benzene rings is 2. The lowest BCUT2D eigenvalue weighted by Gasteiger charge is -2.17. The molecule has 1 aliphatic rings. The first-order chi connectivity index (χ1) is 15.1. The molecule has 0 aromatic heterocycles. The molecule has 2 atom stereocenters. The Balaban J connectivity index is 1.51. The summed E-state index contributed by atoms with van der Waals surface area (Å²) >= 11 is 0. The van der Waals surface area contributed by atoms with Gasteiger partial charge < -0.3 is 18.9 Å². The van der Waals surface area contributed by atoms with E-state index in [4.69, 9.17) is 18.9 Å². The molecule has 1 fully saturated rings. The van der Waals surface area contributed by atoms with E-state index in [0.29, 0.717) is 23.8 Å². The van der Waals surface area contributed by atoms with Crippen molar-refractivity contribution >= 4 is 11.9 Å². The smallest absolute Gasteiger partial charge is 0.338 e. The highest BCUT2D eigenvalue weighted by Crippen LogP contribution is 2.23. The van der Waals surface area contributed by atoms with Crippen molar-refractivity contribution in [1.29, 1.82) is 0 Å². The van der Waals surface area contributed by atoms with Gasteiger partial charge in [-0.3, -0.25) is 4.79 Å². The van der Waals surface area contributed by atoms with Crippen LogP contribution in [0.1, 0.15) is 62.0 Å². The third kappa shape index (κ3) is 6.65. The minimum atomic E-state index is -0.657. The number of rotatable bonds is 8. The van der Waals surface area contributed by atoms with Gasteiger partial charge in [-0.25, -0.2) is 4.79 Å². The summed E-state index contributed by atoms with van der Waals surface area (Å²) in [5.74, 6) is -0.907. The standard InChI is InChI=1S/C26H32O6/c1-17(2)14-19-6-8-20(9-7-19)18(3)24(27)31-22-12-10-21(11-13-22)25(28)29-15-23-16-30-26(4,5)32-23/h6-13,17-18,23H,14-16H2,1-5H3. The van der Waals surface area contributed by atoms with Crippen LogP contribution < -0.4 is 4.74 Å². The van der Waals surface area contributed by atoms with E-state index in [0.717, 1.165) is 12.0 Å². The Morgan fingerprint density at radius 1 is 1.03 bits per heavy atom. The quantitative estimate of drug-likeness (QED) is 0.429. The zero-order chi connectivity index (χ0) is 23.3. The molecule has 6 nitrogen and oxygen atoms in total. The van der Waals surface area contributed by atoms with Gasteiger partial charge in [0.25, 0.3) is 0 Å². The first kappa shape index (κ1) is 24.0. The Kier molecular flexibility index (Phi) is 7.69. The van der Waals surface area contributed by atoms with Gasteiger partial charge in [0.2, 0.25) is 0 Å². The van der Waals surface area contributed by atoms with Gasteiger partial charge >= 0.3 is 11.9 Å². The lowest BCUT2D eigenvalue weighted by atomic mass is 9.97. The van der Waals surface area contributed by atoms with E-state index in [2.05, 4.69) is 26.0 Å². The Hall–Kier alpha value is -2.70. The minimum absolute atomic E-state index is 0.118. The molecule has 0 saturated carbocycles. The normalized spacial score (nSPS) is 18.4. The van der Waals surface area contributed by atoms with Crippen molar-refractivity contribution in [1.82, 2.24) is 0 Å². The molecule has 3 rings (SSSR count). The van der Waals surface area contributed by atoms with Crippen LogP contribution in [0.3, 0.4) is 0 Å². The average Bonchev–Trinajstić information content (AvgIpc) is 3.10. The van der Waals surface area contributed by atoms with Crippen molar-refractivity contribution in [2.75, 3.05) is 13.2 Å². The zero-order valence-electron chi connectivity index (χ0n) is 19.4. The number of ether oxygens (including phenoxy) is 4. The Labute approximate surface area is 189 Å². The Morgan fingerprint density at radius 2 is 1.69 bits per heavy atom. The van der Waals surface area contributed by atoms with Gasteiger partial charge in [-0.15, -0.1) is 0 Å². The summed E-state index contributed by atoms with van der Waals surface area (Å²) in [5.41, 5.74) is 2.53. The van der Waals surface area contributed by atoms with E-state index in [9.17, 15) is 9.59 Å². The summed E-state index contributed by atoms with van der Waals surface area (Å²) in [6, 6.07) is 14.4. The number of hydrogen-bond donors (Lipinski definition) is 0. The van der Waals surface area contributed by atoms with E-state index >= 15 is 0 Å². The maximum atomic E-state index is 12.6. The monoisotopic (exact) mass is 440 g/mol. The SMILES string of the molecule is CC(C)Cc1ccc(C(C)C(=O)Oc2ccc(C(=O)OCC3COC(C)(C)O3)cc2)cc1. The van der Waals surface area contributed by atoms with Gasteiger partial charge in [-0.2, -0.15) is 0 Å². The van der Waals surface area contributed by atoms with E-state index in [1.54, 1.807) is 24.3 Å².